The van der Waals surface area contributed by atoms with Crippen molar-refractivity contribution in [3.63, 3.8) is 0 Å². The highest BCUT2D eigenvalue weighted by atomic mass is 35.5. The summed E-state index contributed by atoms with van der Waals surface area (Å²) in [5.74, 6) is -0.983. The number of carbonyl (C=O) groups is 1. The fourth-order valence-corrected chi connectivity index (χ4v) is 3.85. The number of benzene rings is 2. The molecule has 0 aliphatic heterocycles. The highest BCUT2D eigenvalue weighted by Gasteiger charge is 2.21. The second kappa shape index (κ2) is 7.81. The molecule has 0 atom stereocenters. The van der Waals surface area contributed by atoms with E-state index in [0.717, 1.165) is 12.1 Å². The number of carbonyl (C=O) groups excluding carboxylic acids is 1. The molecule has 3 aromatic rings. The summed E-state index contributed by atoms with van der Waals surface area (Å²) in [6, 6.07) is 9.69. The summed E-state index contributed by atoms with van der Waals surface area (Å²) in [7, 11) is -8.89. The molecule has 152 valence electrons. The van der Waals surface area contributed by atoms with Crippen molar-refractivity contribution < 1.29 is 25.5 Å². The first-order chi connectivity index (χ1) is 13.6. The zero-order valence-corrected chi connectivity index (χ0v) is 16.6. The standard InChI is InChI=1S/C16H12ClFN4O5S2/c17-10-1-5-13(6-2-10)29(26,27)22-15-14(9-19-21-15)16(23)20-11-3-7-12(8-4-11)28(18,24)25/h1-9H,(H,20,23)(H2,19,21,22). The summed E-state index contributed by atoms with van der Waals surface area (Å²) >= 11 is 5.74. The Balaban J connectivity index is 1.79. The molecule has 29 heavy (non-hydrogen) atoms. The Morgan fingerprint density at radius 1 is 0.966 bits per heavy atom. The van der Waals surface area contributed by atoms with Gasteiger partial charge in [0.2, 0.25) is 0 Å². The van der Waals surface area contributed by atoms with Crippen LogP contribution in [0, 0.1) is 0 Å². The minimum Gasteiger partial charge on any atom is -0.322 e. The highest BCUT2D eigenvalue weighted by Crippen LogP contribution is 2.21. The first-order valence-electron chi connectivity index (χ1n) is 7.74. The summed E-state index contributed by atoms with van der Waals surface area (Å²) in [6.45, 7) is 0. The van der Waals surface area contributed by atoms with Gasteiger partial charge in [-0.2, -0.15) is 13.5 Å². The Morgan fingerprint density at radius 3 is 2.14 bits per heavy atom. The lowest BCUT2D eigenvalue weighted by Crippen LogP contribution is -2.18. The number of nitrogens with zero attached hydrogens (tertiary/aromatic N) is 1. The summed E-state index contributed by atoms with van der Waals surface area (Å²) in [5.41, 5.74) is 0.0415. The predicted molar refractivity (Wildman–Crippen MR) is 104 cm³/mol. The minimum absolute atomic E-state index is 0.0840. The van der Waals surface area contributed by atoms with Gasteiger partial charge in [0.05, 0.1) is 9.79 Å². The molecular weight excluding hydrogens is 447 g/mol. The monoisotopic (exact) mass is 458 g/mol. The molecule has 0 aliphatic rings. The van der Waals surface area contributed by atoms with Crippen LogP contribution < -0.4 is 10.0 Å². The van der Waals surface area contributed by atoms with Crippen molar-refractivity contribution in [3.8, 4) is 0 Å². The van der Waals surface area contributed by atoms with E-state index in [4.69, 9.17) is 11.6 Å². The number of hydrogen-bond acceptors (Lipinski definition) is 6. The number of sulfonamides is 1. The minimum atomic E-state index is -4.86. The number of H-pyrrole nitrogens is 1. The van der Waals surface area contributed by atoms with Crippen LogP contribution in [-0.2, 0) is 20.2 Å². The molecule has 9 nitrogen and oxygen atoms in total. The van der Waals surface area contributed by atoms with Crippen LogP contribution in [0.1, 0.15) is 10.4 Å². The molecule has 0 radical (unpaired) electrons. The van der Waals surface area contributed by atoms with Crippen molar-refractivity contribution in [3.05, 3.63) is 65.3 Å². The SMILES string of the molecule is O=C(Nc1ccc(S(=O)(=O)F)cc1)c1c[nH]nc1NS(=O)(=O)c1ccc(Cl)cc1. The number of aromatic amines is 1. The lowest BCUT2D eigenvalue weighted by molar-refractivity contribution is 0.102. The maximum atomic E-state index is 12.9. The van der Waals surface area contributed by atoms with Crippen LogP contribution in [0.5, 0.6) is 0 Å². The zero-order chi connectivity index (χ0) is 21.2. The summed E-state index contributed by atoms with van der Waals surface area (Å²) in [5, 5.41) is 8.90. The van der Waals surface area contributed by atoms with E-state index in [1.54, 1.807) is 0 Å². The van der Waals surface area contributed by atoms with E-state index >= 15 is 0 Å². The predicted octanol–water partition coefficient (Wildman–Crippen LogP) is 2.77. The Bertz CT molecular complexity index is 1260. The van der Waals surface area contributed by atoms with Crippen LogP contribution >= 0.6 is 11.6 Å². The van der Waals surface area contributed by atoms with Crippen LogP contribution in [0.4, 0.5) is 15.4 Å². The Hall–Kier alpha value is -2.96. The topological polar surface area (TPSA) is 138 Å². The molecule has 0 saturated heterocycles. The van der Waals surface area contributed by atoms with Gasteiger partial charge in [0, 0.05) is 16.9 Å². The van der Waals surface area contributed by atoms with Gasteiger partial charge in [0.15, 0.2) is 5.82 Å². The van der Waals surface area contributed by atoms with Gasteiger partial charge in [-0.3, -0.25) is 14.6 Å². The van der Waals surface area contributed by atoms with E-state index in [9.17, 15) is 25.5 Å². The molecule has 1 amide bonds. The number of anilines is 2. The zero-order valence-electron chi connectivity index (χ0n) is 14.3. The number of amides is 1. The summed E-state index contributed by atoms with van der Waals surface area (Å²) < 4.78 is 61.6. The van der Waals surface area contributed by atoms with Crippen molar-refractivity contribution in [1.29, 1.82) is 0 Å². The largest absolute Gasteiger partial charge is 0.332 e. The van der Waals surface area contributed by atoms with Crippen LogP contribution in [0.2, 0.25) is 5.02 Å². The number of nitrogens with one attached hydrogen (secondary N) is 3. The fourth-order valence-electron chi connectivity index (χ4n) is 2.24. The van der Waals surface area contributed by atoms with Crippen molar-refractivity contribution in [2.24, 2.45) is 0 Å². The van der Waals surface area contributed by atoms with Crippen LogP contribution in [-0.4, -0.2) is 32.9 Å². The number of aromatic nitrogens is 2. The van der Waals surface area contributed by atoms with Crippen LogP contribution in [0.15, 0.2) is 64.5 Å². The van der Waals surface area contributed by atoms with Crippen molar-refractivity contribution >= 4 is 49.3 Å². The van der Waals surface area contributed by atoms with Crippen molar-refractivity contribution in [2.45, 2.75) is 9.79 Å². The van der Waals surface area contributed by atoms with E-state index in [1.807, 2.05) is 0 Å². The smallest absolute Gasteiger partial charge is 0.322 e. The molecule has 13 heteroatoms. The Labute approximate surface area is 170 Å². The molecule has 0 fully saturated rings. The molecule has 3 rings (SSSR count). The molecule has 1 heterocycles. The quantitative estimate of drug-likeness (QED) is 0.485. The van der Waals surface area contributed by atoms with Gasteiger partial charge in [-0.15, -0.1) is 3.89 Å². The lowest BCUT2D eigenvalue weighted by Gasteiger charge is -2.08. The van der Waals surface area contributed by atoms with Gasteiger partial charge < -0.3 is 5.32 Å². The number of rotatable bonds is 6. The second-order valence-corrected chi connectivity index (χ2v) is 9.09. The lowest BCUT2D eigenvalue weighted by atomic mass is 10.2. The van der Waals surface area contributed by atoms with Gasteiger partial charge in [-0.25, -0.2) is 8.42 Å². The second-order valence-electron chi connectivity index (χ2n) is 5.62. The molecule has 1 aromatic heterocycles. The Kier molecular flexibility index (Phi) is 5.59. The maximum absolute atomic E-state index is 12.9. The van der Waals surface area contributed by atoms with Crippen LogP contribution in [0.3, 0.4) is 0 Å². The van der Waals surface area contributed by atoms with Gasteiger partial charge >= 0.3 is 10.2 Å². The Morgan fingerprint density at radius 2 is 1.55 bits per heavy atom. The first-order valence-corrected chi connectivity index (χ1v) is 11.0. The molecule has 0 saturated carbocycles. The van der Waals surface area contributed by atoms with Crippen molar-refractivity contribution in [2.75, 3.05) is 10.0 Å². The van der Waals surface area contributed by atoms with Gasteiger partial charge in [-0.1, -0.05) is 11.6 Å². The molecule has 0 unspecified atom stereocenters. The average molecular weight is 459 g/mol. The highest BCUT2D eigenvalue weighted by molar-refractivity contribution is 7.92. The molecule has 2 aromatic carbocycles. The van der Waals surface area contributed by atoms with Crippen molar-refractivity contribution in [1.82, 2.24) is 10.2 Å². The van der Waals surface area contributed by atoms with Gasteiger partial charge in [0.1, 0.15) is 5.56 Å². The molecule has 0 aliphatic carbocycles. The number of hydrogen-bond donors (Lipinski definition) is 3. The van der Waals surface area contributed by atoms with E-state index in [-0.39, 0.29) is 22.0 Å². The maximum Gasteiger partial charge on any atom is 0.332 e. The third-order valence-electron chi connectivity index (χ3n) is 3.63. The molecule has 0 spiro atoms. The average Bonchev–Trinajstić information content (AvgIpc) is 3.09. The third-order valence-corrected chi connectivity index (χ3v) is 6.08. The third kappa shape index (κ3) is 4.91. The van der Waals surface area contributed by atoms with Crippen LogP contribution in [0.25, 0.3) is 0 Å². The number of halogens is 2. The van der Waals surface area contributed by atoms with E-state index in [1.165, 1.54) is 42.6 Å². The van der Waals surface area contributed by atoms with E-state index in [0.29, 0.717) is 5.02 Å². The summed E-state index contributed by atoms with van der Waals surface area (Å²) in [6.07, 6.45) is 1.18. The van der Waals surface area contributed by atoms with E-state index < -0.39 is 31.0 Å². The molecule has 3 N–H and O–H groups in total. The van der Waals surface area contributed by atoms with Gasteiger partial charge in [-0.05, 0) is 48.5 Å². The first kappa shape index (κ1) is 20.8. The van der Waals surface area contributed by atoms with Gasteiger partial charge in [0.25, 0.3) is 15.9 Å². The molecule has 0 bridgehead atoms. The molecular formula is C16H12ClFN4O5S2. The normalized spacial score (nSPS) is 11.8. The summed E-state index contributed by atoms with van der Waals surface area (Å²) in [4.78, 5) is 11.8. The fraction of sp³-hybridized carbons (Fsp3) is 0. The van der Waals surface area contributed by atoms with E-state index in [2.05, 4.69) is 20.2 Å².